The van der Waals surface area contributed by atoms with Crippen molar-refractivity contribution in [1.82, 2.24) is 5.32 Å². The highest BCUT2D eigenvalue weighted by Crippen LogP contribution is 2.18. The average molecular weight is 269 g/mol. The Balaban J connectivity index is 2.81. The van der Waals surface area contributed by atoms with Gasteiger partial charge in [-0.1, -0.05) is 0 Å². The molecule has 1 rings (SSSR count). The highest BCUT2D eigenvalue weighted by atomic mass is 19.1. The summed E-state index contributed by atoms with van der Waals surface area (Å²) in [5.74, 6) is -2.31. The summed E-state index contributed by atoms with van der Waals surface area (Å²) in [4.78, 5) is 31.8. The predicted molar refractivity (Wildman–Crippen MR) is 63.8 cm³/mol. The van der Waals surface area contributed by atoms with E-state index in [1.54, 1.807) is 6.92 Å². The van der Waals surface area contributed by atoms with Crippen molar-refractivity contribution in [2.24, 2.45) is 5.73 Å². The lowest BCUT2D eigenvalue weighted by atomic mass is 10.1. The number of carbonyl (C=O) groups excluding carboxylic acids is 2. The van der Waals surface area contributed by atoms with Gasteiger partial charge in [0.25, 0.3) is 5.91 Å². The van der Waals surface area contributed by atoms with Gasteiger partial charge in [0.05, 0.1) is 4.92 Å². The van der Waals surface area contributed by atoms with Crippen LogP contribution in [-0.2, 0) is 4.79 Å². The fourth-order valence-corrected chi connectivity index (χ4v) is 1.46. The number of benzene rings is 1. The van der Waals surface area contributed by atoms with Crippen LogP contribution in [0.3, 0.4) is 0 Å². The van der Waals surface area contributed by atoms with Gasteiger partial charge in [0.15, 0.2) is 0 Å². The number of nitro groups is 1. The van der Waals surface area contributed by atoms with E-state index < -0.39 is 34.3 Å². The number of nitro benzene ring substituents is 1. The van der Waals surface area contributed by atoms with Crippen LogP contribution in [0.5, 0.6) is 0 Å². The summed E-state index contributed by atoms with van der Waals surface area (Å²) in [5.41, 5.74) is 4.18. The maximum atomic E-state index is 13.3. The molecule has 102 valence electrons. The number of rotatable bonds is 5. The van der Waals surface area contributed by atoms with Crippen LogP contribution in [0.4, 0.5) is 10.1 Å². The monoisotopic (exact) mass is 269 g/mol. The SMILES string of the molecule is CC(CC(N)=O)NC(=O)c1ccc([N+](=O)[O-])c(F)c1. The largest absolute Gasteiger partial charge is 0.370 e. The summed E-state index contributed by atoms with van der Waals surface area (Å²) < 4.78 is 13.3. The number of carbonyl (C=O) groups is 2. The molecule has 0 aromatic heterocycles. The van der Waals surface area contributed by atoms with E-state index in [-0.39, 0.29) is 12.0 Å². The fraction of sp³-hybridized carbons (Fsp3) is 0.273. The van der Waals surface area contributed by atoms with E-state index in [0.717, 1.165) is 18.2 Å². The van der Waals surface area contributed by atoms with Gasteiger partial charge in [-0.15, -0.1) is 0 Å². The van der Waals surface area contributed by atoms with Crippen molar-refractivity contribution in [3.05, 3.63) is 39.7 Å². The van der Waals surface area contributed by atoms with Crippen molar-refractivity contribution < 1.29 is 18.9 Å². The topological polar surface area (TPSA) is 115 Å². The van der Waals surface area contributed by atoms with Crippen LogP contribution in [0.2, 0.25) is 0 Å². The van der Waals surface area contributed by atoms with E-state index in [2.05, 4.69) is 5.32 Å². The van der Waals surface area contributed by atoms with E-state index in [1.807, 2.05) is 0 Å². The van der Waals surface area contributed by atoms with Gasteiger partial charge in [0.2, 0.25) is 11.7 Å². The molecule has 8 heteroatoms. The van der Waals surface area contributed by atoms with Crippen LogP contribution in [0.15, 0.2) is 18.2 Å². The van der Waals surface area contributed by atoms with Crippen LogP contribution >= 0.6 is 0 Å². The van der Waals surface area contributed by atoms with Crippen LogP contribution in [0, 0.1) is 15.9 Å². The number of halogens is 1. The molecule has 0 aliphatic carbocycles. The summed E-state index contributed by atoms with van der Waals surface area (Å²) >= 11 is 0. The van der Waals surface area contributed by atoms with Crippen LogP contribution < -0.4 is 11.1 Å². The van der Waals surface area contributed by atoms with Crippen molar-refractivity contribution in [2.45, 2.75) is 19.4 Å². The minimum atomic E-state index is -1.10. The van der Waals surface area contributed by atoms with E-state index in [0.29, 0.717) is 0 Å². The number of hydrogen-bond acceptors (Lipinski definition) is 4. The molecule has 0 fully saturated rings. The summed E-state index contributed by atoms with van der Waals surface area (Å²) in [6.45, 7) is 1.56. The van der Waals surface area contributed by atoms with Gasteiger partial charge in [0.1, 0.15) is 0 Å². The molecule has 2 amide bonds. The van der Waals surface area contributed by atoms with Gasteiger partial charge in [-0.2, -0.15) is 4.39 Å². The first kappa shape index (κ1) is 14.6. The standard InChI is InChI=1S/C11H12FN3O4/c1-6(4-10(13)16)14-11(17)7-2-3-9(15(18)19)8(12)5-7/h2-3,5-6H,4H2,1H3,(H2,13,16)(H,14,17). The van der Waals surface area contributed by atoms with Crippen LogP contribution in [0.25, 0.3) is 0 Å². The molecule has 1 atom stereocenters. The van der Waals surface area contributed by atoms with Crippen molar-refractivity contribution in [2.75, 3.05) is 0 Å². The van der Waals surface area contributed by atoms with Crippen molar-refractivity contribution in [1.29, 1.82) is 0 Å². The Labute approximate surface area is 107 Å². The second-order valence-electron chi connectivity index (χ2n) is 3.97. The molecule has 3 N–H and O–H groups in total. The second-order valence-corrected chi connectivity index (χ2v) is 3.97. The van der Waals surface area contributed by atoms with Gasteiger partial charge in [0, 0.05) is 24.1 Å². The zero-order chi connectivity index (χ0) is 14.6. The molecule has 0 spiro atoms. The Morgan fingerprint density at radius 3 is 2.63 bits per heavy atom. The summed E-state index contributed by atoms with van der Waals surface area (Å²) in [6, 6.07) is 2.30. The molecule has 0 saturated heterocycles. The summed E-state index contributed by atoms with van der Waals surface area (Å²) in [7, 11) is 0. The zero-order valence-corrected chi connectivity index (χ0v) is 10.1. The van der Waals surface area contributed by atoms with Gasteiger partial charge < -0.3 is 11.1 Å². The third-order valence-corrected chi connectivity index (χ3v) is 2.29. The Kier molecular flexibility index (Phi) is 4.51. The molecule has 7 nitrogen and oxygen atoms in total. The third kappa shape index (κ3) is 4.02. The van der Waals surface area contributed by atoms with Crippen molar-refractivity contribution >= 4 is 17.5 Å². The fourth-order valence-electron chi connectivity index (χ4n) is 1.46. The maximum Gasteiger partial charge on any atom is 0.304 e. The number of nitrogens with zero attached hydrogens (tertiary/aromatic N) is 1. The molecule has 1 aromatic rings. The van der Waals surface area contributed by atoms with E-state index in [4.69, 9.17) is 5.73 Å². The number of amides is 2. The lowest BCUT2D eigenvalue weighted by Crippen LogP contribution is -2.35. The Morgan fingerprint density at radius 1 is 1.53 bits per heavy atom. The maximum absolute atomic E-state index is 13.3. The second kappa shape index (κ2) is 5.89. The molecule has 1 unspecified atom stereocenters. The van der Waals surface area contributed by atoms with Gasteiger partial charge in [-0.25, -0.2) is 0 Å². The Morgan fingerprint density at radius 2 is 2.16 bits per heavy atom. The highest BCUT2D eigenvalue weighted by Gasteiger charge is 2.18. The van der Waals surface area contributed by atoms with E-state index in [9.17, 15) is 24.1 Å². The first-order valence-corrected chi connectivity index (χ1v) is 5.34. The van der Waals surface area contributed by atoms with Crippen molar-refractivity contribution in [3.63, 3.8) is 0 Å². The Hall–Kier alpha value is -2.51. The minimum Gasteiger partial charge on any atom is -0.370 e. The quantitative estimate of drug-likeness (QED) is 0.605. The first-order valence-electron chi connectivity index (χ1n) is 5.34. The van der Waals surface area contributed by atoms with E-state index in [1.165, 1.54) is 0 Å². The molecule has 19 heavy (non-hydrogen) atoms. The summed E-state index contributed by atoms with van der Waals surface area (Å²) in [5, 5.41) is 12.8. The molecule has 0 bridgehead atoms. The number of nitrogens with two attached hydrogens (primary N) is 1. The third-order valence-electron chi connectivity index (χ3n) is 2.29. The average Bonchev–Trinajstić information content (AvgIpc) is 2.26. The number of primary amides is 1. The minimum absolute atomic E-state index is 0.0544. The van der Waals surface area contributed by atoms with Crippen LogP contribution in [0.1, 0.15) is 23.7 Å². The molecule has 1 aromatic carbocycles. The molecule has 0 aliphatic rings. The van der Waals surface area contributed by atoms with Gasteiger partial charge >= 0.3 is 5.69 Å². The number of hydrogen-bond donors (Lipinski definition) is 2. The van der Waals surface area contributed by atoms with Gasteiger partial charge in [-0.3, -0.25) is 19.7 Å². The molecule has 0 aliphatic heterocycles. The molecule has 0 radical (unpaired) electrons. The normalized spacial score (nSPS) is 11.7. The molecule has 0 heterocycles. The smallest absolute Gasteiger partial charge is 0.304 e. The summed E-state index contributed by atoms with van der Waals surface area (Å²) in [6.07, 6.45) is -0.0544. The first-order chi connectivity index (χ1) is 8.81. The van der Waals surface area contributed by atoms with Gasteiger partial charge in [-0.05, 0) is 19.1 Å². The highest BCUT2D eigenvalue weighted by molar-refractivity contribution is 5.94. The zero-order valence-electron chi connectivity index (χ0n) is 10.1. The molecular weight excluding hydrogens is 257 g/mol. The lowest BCUT2D eigenvalue weighted by molar-refractivity contribution is -0.387. The van der Waals surface area contributed by atoms with E-state index >= 15 is 0 Å². The lowest BCUT2D eigenvalue weighted by Gasteiger charge is -2.11. The van der Waals surface area contributed by atoms with Crippen LogP contribution in [-0.4, -0.2) is 22.8 Å². The number of nitrogens with one attached hydrogen (secondary N) is 1. The molecule has 0 saturated carbocycles. The molecular formula is C11H12FN3O4. The predicted octanol–water partition coefficient (Wildman–Crippen LogP) is 0.728. The Bertz CT molecular complexity index is 533. The van der Waals surface area contributed by atoms with Crippen molar-refractivity contribution in [3.8, 4) is 0 Å².